The number of fused-ring (bicyclic) bond motifs is 7. The van der Waals surface area contributed by atoms with Crippen LogP contribution in [0.2, 0.25) is 0 Å². The lowest BCUT2D eigenvalue weighted by molar-refractivity contribution is 0.0502. The lowest BCUT2D eigenvalue weighted by atomic mass is 9.81. The van der Waals surface area contributed by atoms with E-state index in [1.54, 1.807) is 9.80 Å². The number of nitrogens with zero attached hydrogens (tertiary/aromatic N) is 3. The summed E-state index contributed by atoms with van der Waals surface area (Å²) in [6, 6.07) is 44.4. The van der Waals surface area contributed by atoms with Crippen molar-refractivity contribution in [2.45, 2.75) is 168 Å². The summed E-state index contributed by atoms with van der Waals surface area (Å²) in [6.07, 6.45) is 20.7. The summed E-state index contributed by atoms with van der Waals surface area (Å²) in [5.41, 5.74) is 6.89. The number of imidazole rings is 1. The van der Waals surface area contributed by atoms with Gasteiger partial charge in [0.25, 0.3) is 23.6 Å². The van der Waals surface area contributed by atoms with Crippen LogP contribution in [0.3, 0.4) is 0 Å². The molecule has 0 radical (unpaired) electrons. The molecule has 0 bridgehead atoms. The molecule has 0 saturated carbocycles. The molecule has 8 heteroatoms. The van der Waals surface area contributed by atoms with Gasteiger partial charge >= 0.3 is 0 Å². The number of benzene rings is 11. The van der Waals surface area contributed by atoms with E-state index in [0.29, 0.717) is 39.0 Å². The van der Waals surface area contributed by atoms with Crippen LogP contribution in [0.5, 0.6) is 0 Å². The second-order valence-corrected chi connectivity index (χ2v) is 24.9. The third-order valence-corrected chi connectivity index (χ3v) is 19.7. The van der Waals surface area contributed by atoms with Gasteiger partial charge in [0.15, 0.2) is 0 Å². The van der Waals surface area contributed by atoms with Crippen LogP contribution in [0.1, 0.15) is 198 Å². The molecule has 0 spiro atoms. The zero-order valence-electron chi connectivity index (χ0n) is 49.9. The van der Waals surface area contributed by atoms with E-state index in [2.05, 4.69) is 124 Å². The third kappa shape index (κ3) is 8.78. The van der Waals surface area contributed by atoms with Crippen molar-refractivity contribution in [3.63, 3.8) is 0 Å². The highest BCUT2D eigenvalue weighted by atomic mass is 16.2. The molecule has 428 valence electrons. The second kappa shape index (κ2) is 22.6. The molecule has 2 aliphatic heterocycles. The van der Waals surface area contributed by atoms with Gasteiger partial charge in [0.2, 0.25) is 0 Å². The van der Waals surface area contributed by atoms with Crippen LogP contribution in [0.4, 0.5) is 0 Å². The topological polar surface area (TPSA) is 103 Å². The number of unbranched alkanes of at least 4 members (excludes halogenated alkanes) is 12. The van der Waals surface area contributed by atoms with Crippen molar-refractivity contribution in [3.05, 3.63) is 150 Å². The lowest BCUT2D eigenvalue weighted by Gasteiger charge is -2.35. The first-order valence-corrected chi connectivity index (χ1v) is 32.3. The van der Waals surface area contributed by atoms with Crippen LogP contribution in [-0.2, 0) is 0 Å². The van der Waals surface area contributed by atoms with Crippen molar-refractivity contribution < 1.29 is 19.2 Å². The fourth-order valence-electron chi connectivity index (χ4n) is 15.6. The Bertz CT molecular complexity index is 4520. The van der Waals surface area contributed by atoms with Crippen molar-refractivity contribution in [1.82, 2.24) is 19.8 Å². The molecule has 0 atom stereocenters. The van der Waals surface area contributed by atoms with E-state index < -0.39 is 0 Å². The highest BCUT2D eigenvalue weighted by Gasteiger charge is 2.42. The summed E-state index contributed by atoms with van der Waals surface area (Å²) < 4.78 is 0. The van der Waals surface area contributed by atoms with Crippen molar-refractivity contribution in [3.8, 4) is 22.5 Å². The van der Waals surface area contributed by atoms with Gasteiger partial charge in [0.1, 0.15) is 5.82 Å². The Hall–Kier alpha value is -8.23. The number of imide groups is 2. The van der Waals surface area contributed by atoms with Crippen LogP contribution in [0.25, 0.3) is 120 Å². The summed E-state index contributed by atoms with van der Waals surface area (Å²) in [7, 11) is 0. The van der Waals surface area contributed by atoms with Crippen LogP contribution in [-0.4, -0.2) is 55.5 Å². The average molecular weight is 1120 g/mol. The number of aromatic amines is 1. The molecule has 1 aromatic heterocycles. The molecule has 4 amide bonds. The minimum Gasteiger partial charge on any atom is -0.337 e. The van der Waals surface area contributed by atoms with Crippen molar-refractivity contribution in [2.75, 3.05) is 0 Å². The maximum atomic E-state index is 15.7. The molecule has 2 aliphatic rings. The Morgan fingerprint density at radius 2 is 0.741 bits per heavy atom. The molecule has 11 aromatic carbocycles. The predicted octanol–water partition coefficient (Wildman–Crippen LogP) is 20.8. The van der Waals surface area contributed by atoms with Crippen molar-refractivity contribution >= 4 is 121 Å². The van der Waals surface area contributed by atoms with Gasteiger partial charge in [-0.25, -0.2) is 4.98 Å². The number of nitrogens with one attached hydrogen (secondary N) is 1. The van der Waals surface area contributed by atoms with Gasteiger partial charge in [-0.3, -0.25) is 29.0 Å². The second-order valence-electron chi connectivity index (χ2n) is 24.9. The zero-order valence-corrected chi connectivity index (χ0v) is 49.9. The van der Waals surface area contributed by atoms with Gasteiger partial charge in [-0.05, 0) is 120 Å². The highest BCUT2D eigenvalue weighted by molar-refractivity contribution is 6.45. The molecular weight excluding hydrogens is 1040 g/mol. The summed E-state index contributed by atoms with van der Waals surface area (Å²) in [4.78, 5) is 73.3. The van der Waals surface area contributed by atoms with Gasteiger partial charge in [0, 0.05) is 55.9 Å². The molecule has 85 heavy (non-hydrogen) atoms. The minimum atomic E-state index is -0.227. The predicted molar refractivity (Wildman–Crippen MR) is 353 cm³/mol. The zero-order chi connectivity index (χ0) is 58.0. The Labute approximate surface area is 497 Å². The Balaban J connectivity index is 0.929. The van der Waals surface area contributed by atoms with Crippen molar-refractivity contribution in [2.24, 2.45) is 0 Å². The number of hydrogen-bond acceptors (Lipinski definition) is 5. The summed E-state index contributed by atoms with van der Waals surface area (Å²) in [6.45, 7) is 8.87. The van der Waals surface area contributed by atoms with E-state index in [-0.39, 0.29) is 35.7 Å². The number of rotatable bonds is 24. The third-order valence-electron chi connectivity index (χ3n) is 19.7. The first-order chi connectivity index (χ1) is 41.8. The van der Waals surface area contributed by atoms with E-state index in [4.69, 9.17) is 4.98 Å². The molecular formula is C77H76N4O4. The molecule has 0 aliphatic carbocycles. The standard InChI is InChI=1S/C77H76N4O4/c1-5-9-13-20-28-47(29-21-14-10-6-2)80-74(82)60-43-39-56-53-34-24-32-51-49(36-38-55(63(51)53)57-40-44-61(75(80)83)66(60)65(56)57)50-37-42-59-64-52(50)33-25-35-54(64)58-41-45-62-68-67(58)69(59)71-72(79-73(78-71)46-26-18-17-19-27-46)70(68)77(85)81(76(62)84)48(30-22-15-11-7-3)31-23-16-12-8-4/h17-19,24-27,32-45,47-48H,5-16,20-23,28-31H2,1-4H3,(H,78,79). The van der Waals surface area contributed by atoms with Gasteiger partial charge in [-0.2, -0.15) is 0 Å². The lowest BCUT2D eigenvalue weighted by Crippen LogP contribution is -2.47. The number of hydrogen-bond donors (Lipinski definition) is 1. The Morgan fingerprint density at radius 1 is 0.341 bits per heavy atom. The number of aromatic nitrogens is 2. The van der Waals surface area contributed by atoms with Gasteiger partial charge in [0.05, 0.1) is 16.6 Å². The monoisotopic (exact) mass is 1120 g/mol. The largest absolute Gasteiger partial charge is 0.337 e. The molecule has 8 nitrogen and oxygen atoms in total. The average Bonchev–Trinajstić information content (AvgIpc) is 1.61. The maximum Gasteiger partial charge on any atom is 0.263 e. The van der Waals surface area contributed by atoms with E-state index in [9.17, 15) is 9.59 Å². The van der Waals surface area contributed by atoms with E-state index in [1.165, 1.54) is 0 Å². The fraction of sp³-hybridized carbons (Fsp3) is 0.338. The quantitative estimate of drug-likeness (QED) is 0.0281. The number of H-pyrrole nitrogens is 1. The summed E-state index contributed by atoms with van der Waals surface area (Å²) in [5, 5.41) is 16.1. The normalized spacial score (nSPS) is 13.9. The van der Waals surface area contributed by atoms with Crippen molar-refractivity contribution in [1.29, 1.82) is 0 Å². The molecule has 12 aromatic rings. The van der Waals surface area contributed by atoms with Gasteiger partial charge in [-0.15, -0.1) is 0 Å². The number of carbonyl (C=O) groups is 4. The van der Waals surface area contributed by atoms with Crippen LogP contribution >= 0.6 is 0 Å². The fourth-order valence-corrected chi connectivity index (χ4v) is 15.6. The summed E-state index contributed by atoms with van der Waals surface area (Å²) >= 11 is 0. The molecule has 1 N–H and O–H groups in total. The molecule has 0 fully saturated rings. The number of amides is 4. The smallest absolute Gasteiger partial charge is 0.263 e. The maximum absolute atomic E-state index is 15.7. The van der Waals surface area contributed by atoms with Crippen LogP contribution in [0.15, 0.2) is 127 Å². The molecule has 0 unspecified atom stereocenters. The van der Waals surface area contributed by atoms with Crippen LogP contribution < -0.4 is 0 Å². The van der Waals surface area contributed by atoms with E-state index in [0.717, 1.165) is 231 Å². The van der Waals surface area contributed by atoms with E-state index >= 15 is 9.59 Å². The first kappa shape index (κ1) is 54.7. The van der Waals surface area contributed by atoms with E-state index in [1.807, 2.05) is 36.4 Å². The molecule has 0 saturated heterocycles. The van der Waals surface area contributed by atoms with Crippen LogP contribution in [0, 0.1) is 0 Å². The summed E-state index contributed by atoms with van der Waals surface area (Å²) in [5.74, 6) is -0.0658. The van der Waals surface area contributed by atoms with Gasteiger partial charge < -0.3 is 4.98 Å². The molecule has 14 rings (SSSR count). The Morgan fingerprint density at radius 3 is 1.24 bits per heavy atom. The highest BCUT2D eigenvalue weighted by Crippen LogP contribution is 2.52. The molecule has 3 heterocycles. The Kier molecular flexibility index (Phi) is 14.6. The number of carbonyl (C=O) groups excluding carboxylic acids is 4. The minimum absolute atomic E-state index is 0.120. The first-order valence-electron chi connectivity index (χ1n) is 32.3. The van der Waals surface area contributed by atoms with Gasteiger partial charge in [-0.1, -0.05) is 240 Å². The SMILES string of the molecule is CCCCCCC(CCCCCC)N1C(=O)c2ccc3c4cccc5c(-c6ccc7c8c6cccc8c6ccc8c9c(c%10[nH]c(-c%11ccccc%11)nc%10c7c96)C(=O)N(C(CCCCCC)CCCCCC)C8=O)ccc(c6ccc(c2c36)C1=O)c54.